The minimum absolute atomic E-state index is 0.188. The molecule has 0 saturated heterocycles. The first-order valence-electron chi connectivity index (χ1n) is 11.5. The van der Waals surface area contributed by atoms with Gasteiger partial charge in [-0.25, -0.2) is 0 Å². The molecular weight excluding hydrogens is 404 g/mol. The van der Waals surface area contributed by atoms with E-state index < -0.39 is 8.32 Å². The van der Waals surface area contributed by atoms with Crippen LogP contribution in [0, 0.1) is 0 Å². The van der Waals surface area contributed by atoms with Crippen LogP contribution in [0.15, 0.2) is 73.0 Å². The normalized spacial score (nSPS) is 21.1. The van der Waals surface area contributed by atoms with Crippen molar-refractivity contribution in [2.24, 2.45) is 0 Å². The fourth-order valence-corrected chi connectivity index (χ4v) is 6.59. The highest BCUT2D eigenvalue weighted by Gasteiger charge is 2.37. The molecule has 0 saturated carbocycles. The minimum Gasteiger partial charge on any atom is -0.493 e. The molecule has 31 heavy (non-hydrogen) atoms. The molecule has 1 aliphatic heterocycles. The number of hydrogen-bond donors (Lipinski definition) is 0. The van der Waals surface area contributed by atoms with Crippen LogP contribution in [0.3, 0.4) is 0 Å². The van der Waals surface area contributed by atoms with Crippen molar-refractivity contribution in [2.45, 2.75) is 70.4 Å². The van der Waals surface area contributed by atoms with Crippen LogP contribution in [-0.2, 0) is 31.9 Å². The zero-order chi connectivity index (χ0) is 21.9. The Labute approximate surface area is 188 Å². The number of ether oxygens (including phenoxy) is 3. The van der Waals surface area contributed by atoms with Gasteiger partial charge in [0.1, 0.15) is 18.3 Å². The van der Waals surface area contributed by atoms with Gasteiger partial charge in [0.15, 0.2) is 8.32 Å². The third-order valence-corrected chi connectivity index (χ3v) is 10.9. The predicted molar refractivity (Wildman–Crippen MR) is 127 cm³/mol. The molecule has 3 rings (SSSR count). The summed E-state index contributed by atoms with van der Waals surface area (Å²) < 4.78 is 25.2. The third kappa shape index (κ3) is 6.78. The molecule has 0 bridgehead atoms. The molecule has 0 unspecified atom stereocenters. The second kappa shape index (κ2) is 12.2. The largest absolute Gasteiger partial charge is 0.493 e. The smallest absolute Gasteiger partial charge is 0.192 e. The first-order chi connectivity index (χ1) is 15.2. The van der Waals surface area contributed by atoms with Crippen LogP contribution in [0.4, 0.5) is 0 Å². The van der Waals surface area contributed by atoms with Crippen molar-refractivity contribution in [1.82, 2.24) is 0 Å². The Morgan fingerprint density at radius 1 is 0.774 bits per heavy atom. The zero-order valence-corrected chi connectivity index (χ0v) is 20.0. The SMILES string of the molecule is CC[Si](CC)(CC)OC[C@H]1OC=C[C@@H](OCc2ccccc2)[C@@H]1OCc1ccccc1. The molecule has 2 aromatic rings. The second-order valence-electron chi connectivity index (χ2n) is 8.08. The van der Waals surface area contributed by atoms with Crippen molar-refractivity contribution in [1.29, 1.82) is 0 Å². The summed E-state index contributed by atoms with van der Waals surface area (Å²) in [6.45, 7) is 8.33. The van der Waals surface area contributed by atoms with Crippen molar-refractivity contribution in [3.05, 3.63) is 84.1 Å². The molecule has 2 aromatic carbocycles. The molecule has 0 N–H and O–H groups in total. The maximum absolute atomic E-state index is 6.55. The van der Waals surface area contributed by atoms with E-state index in [0.717, 1.165) is 29.3 Å². The van der Waals surface area contributed by atoms with Crippen molar-refractivity contribution in [2.75, 3.05) is 6.61 Å². The zero-order valence-electron chi connectivity index (χ0n) is 19.0. The summed E-state index contributed by atoms with van der Waals surface area (Å²) in [5.74, 6) is 0. The Bertz CT molecular complexity index is 768. The molecule has 5 heteroatoms. The van der Waals surface area contributed by atoms with E-state index in [2.05, 4.69) is 45.0 Å². The average molecular weight is 441 g/mol. The fraction of sp³-hybridized carbons (Fsp3) is 0.462. The standard InChI is InChI=1S/C26H36O4Si/c1-4-31(5-2,6-3)30-21-25-26(29-20-23-15-11-8-12-16-23)24(17-18-27-25)28-19-22-13-9-7-10-14-22/h7-18,24-26H,4-6,19-21H2,1-3H3/t24-,25-,26+/m1/s1. The van der Waals surface area contributed by atoms with Crippen LogP contribution in [-0.4, -0.2) is 33.2 Å². The van der Waals surface area contributed by atoms with Crippen LogP contribution in [0.5, 0.6) is 0 Å². The Hall–Kier alpha value is -1.92. The summed E-state index contributed by atoms with van der Waals surface area (Å²) in [4.78, 5) is 0. The highest BCUT2D eigenvalue weighted by Crippen LogP contribution is 2.26. The Morgan fingerprint density at radius 3 is 1.87 bits per heavy atom. The van der Waals surface area contributed by atoms with E-state index in [0.29, 0.717) is 19.8 Å². The lowest BCUT2D eigenvalue weighted by molar-refractivity contribution is -0.138. The van der Waals surface area contributed by atoms with Crippen molar-refractivity contribution in [3.63, 3.8) is 0 Å². The van der Waals surface area contributed by atoms with Crippen LogP contribution in [0.1, 0.15) is 31.9 Å². The molecule has 168 valence electrons. The number of hydrogen-bond acceptors (Lipinski definition) is 4. The van der Waals surface area contributed by atoms with Gasteiger partial charge in [0.25, 0.3) is 0 Å². The molecular formula is C26H36O4Si. The first-order valence-corrected chi connectivity index (χ1v) is 14.0. The topological polar surface area (TPSA) is 36.9 Å². The maximum atomic E-state index is 6.55. The lowest BCUT2D eigenvalue weighted by atomic mass is 10.1. The van der Waals surface area contributed by atoms with Gasteiger partial charge in [-0.15, -0.1) is 0 Å². The summed E-state index contributed by atoms with van der Waals surface area (Å²) in [5.41, 5.74) is 2.28. The monoisotopic (exact) mass is 440 g/mol. The summed E-state index contributed by atoms with van der Waals surface area (Å²) in [6.07, 6.45) is 3.10. The molecule has 0 spiro atoms. The first kappa shape index (κ1) is 23.7. The van der Waals surface area contributed by atoms with E-state index in [4.69, 9.17) is 18.6 Å². The fourth-order valence-electron chi connectivity index (χ4n) is 3.96. The molecule has 0 radical (unpaired) electrons. The lowest BCUT2D eigenvalue weighted by Crippen LogP contribution is -2.48. The van der Waals surface area contributed by atoms with Gasteiger partial charge >= 0.3 is 0 Å². The van der Waals surface area contributed by atoms with E-state index >= 15 is 0 Å². The van der Waals surface area contributed by atoms with Crippen LogP contribution in [0.25, 0.3) is 0 Å². The van der Waals surface area contributed by atoms with Gasteiger partial charge in [0.2, 0.25) is 0 Å². The van der Waals surface area contributed by atoms with Crippen LogP contribution >= 0.6 is 0 Å². The average Bonchev–Trinajstić information content (AvgIpc) is 2.84. The highest BCUT2D eigenvalue weighted by molar-refractivity contribution is 6.73. The maximum Gasteiger partial charge on any atom is 0.192 e. The van der Waals surface area contributed by atoms with E-state index in [1.807, 2.05) is 42.5 Å². The quantitative estimate of drug-likeness (QED) is 0.374. The van der Waals surface area contributed by atoms with Gasteiger partial charge in [-0.2, -0.15) is 0 Å². The molecule has 0 amide bonds. The van der Waals surface area contributed by atoms with E-state index in [1.165, 1.54) is 0 Å². The molecule has 4 nitrogen and oxygen atoms in total. The number of benzene rings is 2. The molecule has 0 aromatic heterocycles. The molecule has 0 aliphatic carbocycles. The van der Waals surface area contributed by atoms with Crippen molar-refractivity contribution in [3.8, 4) is 0 Å². The summed E-state index contributed by atoms with van der Waals surface area (Å²) in [7, 11) is -1.71. The summed E-state index contributed by atoms with van der Waals surface area (Å²) in [6, 6.07) is 23.8. The van der Waals surface area contributed by atoms with Gasteiger partial charge in [0, 0.05) is 0 Å². The second-order valence-corrected chi connectivity index (χ2v) is 12.9. The highest BCUT2D eigenvalue weighted by atomic mass is 28.4. The number of rotatable bonds is 12. The minimum atomic E-state index is -1.71. The summed E-state index contributed by atoms with van der Waals surface area (Å²) >= 11 is 0. The van der Waals surface area contributed by atoms with Gasteiger partial charge in [-0.3, -0.25) is 0 Å². The van der Waals surface area contributed by atoms with Crippen LogP contribution < -0.4 is 0 Å². The van der Waals surface area contributed by atoms with E-state index in [9.17, 15) is 0 Å². The Balaban J connectivity index is 1.69. The van der Waals surface area contributed by atoms with E-state index in [-0.39, 0.29) is 18.3 Å². The van der Waals surface area contributed by atoms with Gasteiger partial charge in [-0.1, -0.05) is 81.4 Å². The third-order valence-electron chi connectivity index (χ3n) is 6.27. The predicted octanol–water partition coefficient (Wildman–Crippen LogP) is 6.09. The molecule has 3 atom stereocenters. The van der Waals surface area contributed by atoms with Gasteiger partial charge in [0.05, 0.1) is 26.1 Å². The van der Waals surface area contributed by atoms with E-state index in [1.54, 1.807) is 6.26 Å². The Morgan fingerprint density at radius 2 is 1.32 bits per heavy atom. The van der Waals surface area contributed by atoms with Gasteiger partial charge < -0.3 is 18.6 Å². The van der Waals surface area contributed by atoms with Gasteiger partial charge in [-0.05, 0) is 35.3 Å². The van der Waals surface area contributed by atoms with Crippen LogP contribution in [0.2, 0.25) is 18.1 Å². The molecule has 1 aliphatic rings. The molecule has 1 heterocycles. The Kier molecular flexibility index (Phi) is 9.34. The van der Waals surface area contributed by atoms with Crippen molar-refractivity contribution >= 4 is 8.32 Å². The van der Waals surface area contributed by atoms with Crippen molar-refractivity contribution < 1.29 is 18.6 Å². The summed E-state index contributed by atoms with van der Waals surface area (Å²) in [5, 5.41) is 0. The molecule has 0 fully saturated rings. The lowest BCUT2D eigenvalue weighted by Gasteiger charge is -2.37.